The van der Waals surface area contributed by atoms with Gasteiger partial charge in [-0.05, 0) is 61.0 Å². The van der Waals surface area contributed by atoms with Gasteiger partial charge in [0.25, 0.3) is 15.9 Å². The van der Waals surface area contributed by atoms with Gasteiger partial charge in [-0.2, -0.15) is 0 Å². The normalized spacial score (nSPS) is 11.0. The summed E-state index contributed by atoms with van der Waals surface area (Å²) < 4.78 is 33.2. The van der Waals surface area contributed by atoms with Crippen LogP contribution >= 0.6 is 11.6 Å². The minimum atomic E-state index is -4.01. The number of ether oxygens (including phenoxy) is 1. The highest BCUT2D eigenvalue weighted by Crippen LogP contribution is 2.25. The van der Waals surface area contributed by atoms with Gasteiger partial charge >= 0.3 is 5.97 Å². The van der Waals surface area contributed by atoms with Crippen LogP contribution in [0.2, 0.25) is 5.02 Å². The number of carbonyl (C=O) groups is 2. The van der Waals surface area contributed by atoms with E-state index in [0.717, 1.165) is 12.8 Å². The van der Waals surface area contributed by atoms with Gasteiger partial charge in [0.2, 0.25) is 0 Å². The Kier molecular flexibility index (Phi) is 8.08. The molecule has 3 aromatic carbocycles. The van der Waals surface area contributed by atoms with E-state index in [1.807, 2.05) is 6.92 Å². The molecule has 0 atom stereocenters. The van der Waals surface area contributed by atoms with Crippen LogP contribution in [0.25, 0.3) is 0 Å². The van der Waals surface area contributed by atoms with Gasteiger partial charge in [0.05, 0.1) is 17.2 Å². The van der Waals surface area contributed by atoms with Crippen molar-refractivity contribution in [2.24, 2.45) is 0 Å². The monoisotopic (exact) mass is 486 g/mol. The molecular weight excluding hydrogens is 464 g/mol. The van der Waals surface area contributed by atoms with Crippen molar-refractivity contribution in [2.75, 3.05) is 16.6 Å². The van der Waals surface area contributed by atoms with Crippen LogP contribution < -0.4 is 10.0 Å². The lowest BCUT2D eigenvalue weighted by Crippen LogP contribution is -2.16. The van der Waals surface area contributed by atoms with Crippen molar-refractivity contribution in [3.63, 3.8) is 0 Å². The molecule has 0 radical (unpaired) electrons. The largest absolute Gasteiger partial charge is 0.462 e. The van der Waals surface area contributed by atoms with Gasteiger partial charge in [0.1, 0.15) is 4.90 Å². The Hall–Kier alpha value is -3.36. The average Bonchev–Trinajstić information content (AvgIpc) is 2.80. The smallest absolute Gasteiger partial charge is 0.338 e. The Morgan fingerprint density at radius 2 is 1.58 bits per heavy atom. The molecule has 0 aliphatic rings. The number of sulfonamides is 1. The number of unbranched alkanes of at least 4 members (excludes halogenated alkanes) is 1. The van der Waals surface area contributed by atoms with Crippen molar-refractivity contribution in [2.45, 2.75) is 24.7 Å². The molecule has 0 fully saturated rings. The van der Waals surface area contributed by atoms with E-state index in [0.29, 0.717) is 23.5 Å². The molecule has 0 unspecified atom stereocenters. The summed E-state index contributed by atoms with van der Waals surface area (Å²) in [4.78, 5) is 24.5. The van der Waals surface area contributed by atoms with E-state index < -0.39 is 21.9 Å². The molecule has 0 heterocycles. The molecule has 3 rings (SSSR count). The SMILES string of the molecule is CCCCOC(=O)c1ccc(NC(=O)c2ccc(Cl)c(S(=O)(=O)Nc3ccccc3)c2)cc1. The number of benzene rings is 3. The molecule has 1 amide bonds. The number of hydrogen-bond donors (Lipinski definition) is 2. The Morgan fingerprint density at radius 3 is 2.24 bits per heavy atom. The fraction of sp³-hybridized carbons (Fsp3) is 0.167. The lowest BCUT2D eigenvalue weighted by atomic mass is 10.2. The first-order chi connectivity index (χ1) is 15.8. The lowest BCUT2D eigenvalue weighted by Gasteiger charge is -2.11. The molecule has 2 N–H and O–H groups in total. The molecule has 9 heteroatoms. The minimum Gasteiger partial charge on any atom is -0.462 e. The molecule has 0 aliphatic heterocycles. The van der Waals surface area contributed by atoms with Crippen molar-refractivity contribution >= 4 is 44.9 Å². The third kappa shape index (κ3) is 6.57. The molecule has 0 saturated carbocycles. The number of nitrogens with one attached hydrogen (secondary N) is 2. The molecular formula is C24H23ClN2O5S. The number of anilines is 2. The Labute approximate surface area is 197 Å². The van der Waals surface area contributed by atoms with Crippen LogP contribution in [0.4, 0.5) is 11.4 Å². The first-order valence-corrected chi connectivity index (χ1v) is 12.1. The van der Waals surface area contributed by atoms with Gasteiger partial charge in [0.15, 0.2) is 0 Å². The first kappa shape index (κ1) is 24.3. The van der Waals surface area contributed by atoms with E-state index in [-0.39, 0.29) is 15.5 Å². The highest BCUT2D eigenvalue weighted by molar-refractivity contribution is 7.92. The maximum Gasteiger partial charge on any atom is 0.338 e. The average molecular weight is 487 g/mol. The highest BCUT2D eigenvalue weighted by atomic mass is 35.5. The Bertz CT molecular complexity index is 1230. The summed E-state index contributed by atoms with van der Waals surface area (Å²) in [6.45, 7) is 2.36. The van der Waals surface area contributed by atoms with Gasteiger partial charge in [-0.3, -0.25) is 9.52 Å². The van der Waals surface area contributed by atoms with Crippen LogP contribution in [-0.4, -0.2) is 26.9 Å². The molecule has 172 valence electrons. The van der Waals surface area contributed by atoms with Crippen LogP contribution in [0.3, 0.4) is 0 Å². The summed E-state index contributed by atoms with van der Waals surface area (Å²) in [5, 5.41) is 2.66. The van der Waals surface area contributed by atoms with Crippen molar-refractivity contribution in [1.29, 1.82) is 0 Å². The third-order valence-corrected chi connectivity index (χ3v) is 6.48. The van der Waals surface area contributed by atoms with E-state index >= 15 is 0 Å². The van der Waals surface area contributed by atoms with E-state index in [9.17, 15) is 18.0 Å². The summed E-state index contributed by atoms with van der Waals surface area (Å²) in [6.07, 6.45) is 1.72. The summed E-state index contributed by atoms with van der Waals surface area (Å²) in [6, 6.07) is 18.6. The number of halogens is 1. The molecule has 7 nitrogen and oxygen atoms in total. The van der Waals surface area contributed by atoms with Crippen LogP contribution in [0.5, 0.6) is 0 Å². The van der Waals surface area contributed by atoms with Gasteiger partial charge in [0, 0.05) is 16.9 Å². The quantitative estimate of drug-likeness (QED) is 0.313. The fourth-order valence-electron chi connectivity index (χ4n) is 2.85. The first-order valence-electron chi connectivity index (χ1n) is 10.3. The molecule has 33 heavy (non-hydrogen) atoms. The summed E-state index contributed by atoms with van der Waals surface area (Å²) in [7, 11) is -4.01. The Balaban J connectivity index is 1.72. The number of amides is 1. The number of para-hydroxylation sites is 1. The lowest BCUT2D eigenvalue weighted by molar-refractivity contribution is 0.0499. The number of rotatable bonds is 9. The maximum absolute atomic E-state index is 12.8. The van der Waals surface area contributed by atoms with Crippen LogP contribution in [0.15, 0.2) is 77.7 Å². The fourth-order valence-corrected chi connectivity index (χ4v) is 4.44. The van der Waals surface area contributed by atoms with E-state index in [1.165, 1.54) is 18.2 Å². The van der Waals surface area contributed by atoms with E-state index in [4.69, 9.17) is 16.3 Å². The zero-order valence-electron chi connectivity index (χ0n) is 17.9. The zero-order chi connectivity index (χ0) is 23.8. The van der Waals surface area contributed by atoms with Crippen LogP contribution in [-0.2, 0) is 14.8 Å². The second-order valence-electron chi connectivity index (χ2n) is 7.14. The Morgan fingerprint density at radius 1 is 0.909 bits per heavy atom. The molecule has 0 spiro atoms. The van der Waals surface area contributed by atoms with Gasteiger partial charge in [-0.1, -0.05) is 43.1 Å². The molecule has 0 aliphatic carbocycles. The summed E-state index contributed by atoms with van der Waals surface area (Å²) in [5.74, 6) is -0.958. The predicted octanol–water partition coefficient (Wildman–Crippen LogP) is 5.35. The summed E-state index contributed by atoms with van der Waals surface area (Å²) >= 11 is 6.11. The van der Waals surface area contributed by atoms with Crippen molar-refractivity contribution in [1.82, 2.24) is 0 Å². The third-order valence-electron chi connectivity index (χ3n) is 4.62. The van der Waals surface area contributed by atoms with E-state index in [1.54, 1.807) is 54.6 Å². The zero-order valence-corrected chi connectivity index (χ0v) is 19.4. The minimum absolute atomic E-state index is 0.0130. The maximum atomic E-state index is 12.8. The van der Waals surface area contributed by atoms with Crippen LogP contribution in [0.1, 0.15) is 40.5 Å². The predicted molar refractivity (Wildman–Crippen MR) is 128 cm³/mol. The highest BCUT2D eigenvalue weighted by Gasteiger charge is 2.20. The van der Waals surface area contributed by atoms with E-state index in [2.05, 4.69) is 10.0 Å². The van der Waals surface area contributed by atoms with Crippen LogP contribution in [0, 0.1) is 0 Å². The molecule has 0 saturated heterocycles. The van der Waals surface area contributed by atoms with Gasteiger partial charge < -0.3 is 10.1 Å². The van der Waals surface area contributed by atoms with Gasteiger partial charge in [-0.25, -0.2) is 13.2 Å². The number of carbonyl (C=O) groups excluding carboxylic acids is 2. The van der Waals surface area contributed by atoms with Crippen molar-refractivity contribution < 1.29 is 22.7 Å². The van der Waals surface area contributed by atoms with Crippen molar-refractivity contribution in [3.05, 3.63) is 88.9 Å². The number of hydrogen-bond acceptors (Lipinski definition) is 5. The summed E-state index contributed by atoms with van der Waals surface area (Å²) in [5.41, 5.74) is 1.29. The standard InChI is InChI=1S/C24H23ClN2O5S/c1-2-3-15-32-24(29)17-9-12-19(13-10-17)26-23(28)18-11-14-21(25)22(16-18)33(30,31)27-20-7-5-4-6-8-20/h4-14,16,27H,2-3,15H2,1H3,(H,26,28). The molecule has 0 aromatic heterocycles. The number of esters is 1. The second kappa shape index (κ2) is 11.0. The second-order valence-corrected chi connectivity index (χ2v) is 9.20. The topological polar surface area (TPSA) is 102 Å². The van der Waals surface area contributed by atoms with Crippen molar-refractivity contribution in [3.8, 4) is 0 Å². The molecule has 0 bridgehead atoms. The molecule has 3 aromatic rings. The van der Waals surface area contributed by atoms with Gasteiger partial charge in [-0.15, -0.1) is 0 Å².